The summed E-state index contributed by atoms with van der Waals surface area (Å²) in [5, 5.41) is 2.89. The summed E-state index contributed by atoms with van der Waals surface area (Å²) < 4.78 is 0. The molecule has 1 fully saturated rings. The van der Waals surface area contributed by atoms with E-state index in [-0.39, 0.29) is 23.8 Å². The molecule has 112 valence electrons. The molecule has 5 heteroatoms. The van der Waals surface area contributed by atoms with Gasteiger partial charge in [0.15, 0.2) is 0 Å². The van der Waals surface area contributed by atoms with Crippen LogP contribution in [0.1, 0.15) is 34.1 Å². The summed E-state index contributed by atoms with van der Waals surface area (Å²) in [5.74, 6) is 4.01. The monoisotopic (exact) mass is 296 g/mol. The Morgan fingerprint density at radius 2 is 2.15 bits per heavy atom. The van der Waals surface area contributed by atoms with Gasteiger partial charge in [0, 0.05) is 12.3 Å². The summed E-state index contributed by atoms with van der Waals surface area (Å²) >= 11 is 1.61. The van der Waals surface area contributed by atoms with E-state index in [4.69, 9.17) is 6.42 Å². The van der Waals surface area contributed by atoms with E-state index in [0.717, 1.165) is 5.75 Å². The summed E-state index contributed by atoms with van der Waals surface area (Å²) in [6.07, 6.45) is 5.82. The van der Waals surface area contributed by atoms with Gasteiger partial charge < -0.3 is 10.2 Å². The highest BCUT2D eigenvalue weighted by Gasteiger charge is 2.47. The molecule has 1 N–H and O–H groups in total. The van der Waals surface area contributed by atoms with Crippen LogP contribution in [-0.2, 0) is 9.59 Å². The number of hydrogen-bond donors (Lipinski definition) is 1. The van der Waals surface area contributed by atoms with Crippen molar-refractivity contribution in [3.8, 4) is 12.3 Å². The van der Waals surface area contributed by atoms with Gasteiger partial charge in [0.1, 0.15) is 11.6 Å². The van der Waals surface area contributed by atoms with Gasteiger partial charge >= 0.3 is 0 Å². The van der Waals surface area contributed by atoms with Crippen LogP contribution in [0.25, 0.3) is 0 Å². The van der Waals surface area contributed by atoms with Gasteiger partial charge in [0.25, 0.3) is 0 Å². The second-order valence-corrected chi connectivity index (χ2v) is 6.72. The fraction of sp³-hybridized carbons (Fsp3) is 0.733. The van der Waals surface area contributed by atoms with Crippen molar-refractivity contribution in [2.45, 2.75) is 45.7 Å². The SMILES string of the molecule is C#CCSCCN1C(=O)C(C)(CC)NC(=O)C1C(C)C. The molecule has 1 aliphatic heterocycles. The number of carbonyl (C=O) groups is 2. The van der Waals surface area contributed by atoms with Crippen molar-refractivity contribution < 1.29 is 9.59 Å². The van der Waals surface area contributed by atoms with Crippen LogP contribution in [0.2, 0.25) is 0 Å². The minimum Gasteiger partial charge on any atom is -0.340 e. The maximum Gasteiger partial charge on any atom is 0.248 e. The second-order valence-electron chi connectivity index (χ2n) is 5.62. The van der Waals surface area contributed by atoms with Gasteiger partial charge in [0.05, 0.1) is 5.75 Å². The second kappa shape index (κ2) is 7.03. The molecule has 1 saturated heterocycles. The van der Waals surface area contributed by atoms with Gasteiger partial charge in [-0.1, -0.05) is 26.7 Å². The molecule has 2 unspecified atom stereocenters. The van der Waals surface area contributed by atoms with Crippen LogP contribution in [0.15, 0.2) is 0 Å². The third kappa shape index (κ3) is 3.49. The van der Waals surface area contributed by atoms with Crippen molar-refractivity contribution in [1.82, 2.24) is 10.2 Å². The maximum atomic E-state index is 12.7. The molecule has 4 nitrogen and oxygen atoms in total. The number of carbonyl (C=O) groups excluding carboxylic acids is 2. The first-order valence-electron chi connectivity index (χ1n) is 7.01. The summed E-state index contributed by atoms with van der Waals surface area (Å²) in [5.41, 5.74) is -0.779. The number of hydrogen-bond acceptors (Lipinski definition) is 3. The lowest BCUT2D eigenvalue weighted by molar-refractivity contribution is -0.155. The Kier molecular flexibility index (Phi) is 5.94. The van der Waals surface area contributed by atoms with Crippen molar-refractivity contribution in [2.75, 3.05) is 18.1 Å². The zero-order valence-electron chi connectivity index (χ0n) is 12.7. The van der Waals surface area contributed by atoms with Crippen molar-refractivity contribution >= 4 is 23.6 Å². The Hall–Kier alpha value is -1.15. The zero-order chi connectivity index (χ0) is 15.3. The fourth-order valence-electron chi connectivity index (χ4n) is 2.42. The van der Waals surface area contributed by atoms with Crippen molar-refractivity contribution in [3.05, 3.63) is 0 Å². The van der Waals surface area contributed by atoms with Crippen LogP contribution in [-0.4, -0.2) is 46.3 Å². The first-order chi connectivity index (χ1) is 9.37. The Balaban J connectivity index is 2.88. The van der Waals surface area contributed by atoms with Crippen LogP contribution in [0.3, 0.4) is 0 Å². The minimum atomic E-state index is -0.779. The van der Waals surface area contributed by atoms with E-state index in [0.29, 0.717) is 18.7 Å². The average molecular weight is 296 g/mol. The molecular weight excluding hydrogens is 272 g/mol. The number of piperazine rings is 1. The summed E-state index contributed by atoms with van der Waals surface area (Å²) in [7, 11) is 0. The van der Waals surface area contributed by atoms with Crippen LogP contribution in [0.4, 0.5) is 0 Å². The van der Waals surface area contributed by atoms with Gasteiger partial charge in [-0.25, -0.2) is 0 Å². The largest absolute Gasteiger partial charge is 0.340 e. The molecule has 1 aliphatic rings. The minimum absolute atomic E-state index is 0.0135. The summed E-state index contributed by atoms with van der Waals surface area (Å²) in [4.78, 5) is 26.7. The molecule has 0 aromatic rings. The van der Waals surface area contributed by atoms with Crippen LogP contribution in [0.5, 0.6) is 0 Å². The molecule has 1 heterocycles. The van der Waals surface area contributed by atoms with Crippen LogP contribution in [0, 0.1) is 18.3 Å². The fourth-order valence-corrected chi connectivity index (χ4v) is 3.01. The Morgan fingerprint density at radius 3 is 2.65 bits per heavy atom. The Labute approximate surface area is 126 Å². The third-order valence-corrected chi connectivity index (χ3v) is 4.58. The standard InChI is InChI=1S/C15H24N2O2S/c1-6-9-20-10-8-17-12(11(3)4)13(18)16-15(5,7-2)14(17)19/h1,11-12H,7-10H2,2-5H3,(H,16,18). The van der Waals surface area contributed by atoms with Crippen molar-refractivity contribution in [2.24, 2.45) is 5.92 Å². The van der Waals surface area contributed by atoms with Gasteiger partial charge in [-0.05, 0) is 19.3 Å². The van der Waals surface area contributed by atoms with Gasteiger partial charge in [-0.15, -0.1) is 18.2 Å². The van der Waals surface area contributed by atoms with E-state index in [9.17, 15) is 9.59 Å². The zero-order valence-corrected chi connectivity index (χ0v) is 13.5. The highest BCUT2D eigenvalue weighted by molar-refractivity contribution is 7.99. The van der Waals surface area contributed by atoms with Gasteiger partial charge in [-0.3, -0.25) is 9.59 Å². The molecule has 0 aromatic carbocycles. The highest BCUT2D eigenvalue weighted by Crippen LogP contribution is 2.25. The molecule has 0 saturated carbocycles. The Morgan fingerprint density at radius 1 is 1.50 bits per heavy atom. The summed E-state index contributed by atoms with van der Waals surface area (Å²) in [6.45, 7) is 8.21. The quantitative estimate of drug-likeness (QED) is 0.597. The van der Waals surface area contributed by atoms with Crippen LogP contribution >= 0.6 is 11.8 Å². The lowest BCUT2D eigenvalue weighted by Crippen LogP contribution is -2.70. The van der Waals surface area contributed by atoms with Gasteiger partial charge in [-0.2, -0.15) is 0 Å². The summed E-state index contributed by atoms with van der Waals surface area (Å²) in [6, 6.07) is -0.381. The molecule has 0 spiro atoms. The van der Waals surface area contributed by atoms with E-state index in [1.807, 2.05) is 20.8 Å². The highest BCUT2D eigenvalue weighted by atomic mass is 32.2. The number of nitrogens with zero attached hydrogens (tertiary/aromatic N) is 1. The molecule has 1 rings (SSSR count). The average Bonchev–Trinajstić information content (AvgIpc) is 2.39. The molecule has 2 atom stereocenters. The molecule has 0 aliphatic carbocycles. The molecule has 20 heavy (non-hydrogen) atoms. The lowest BCUT2D eigenvalue weighted by atomic mass is 9.88. The topological polar surface area (TPSA) is 49.4 Å². The molecule has 0 radical (unpaired) electrons. The molecule has 0 aromatic heterocycles. The van der Waals surface area contributed by atoms with Crippen molar-refractivity contribution in [3.63, 3.8) is 0 Å². The number of terminal acetylenes is 1. The first-order valence-corrected chi connectivity index (χ1v) is 8.17. The maximum absolute atomic E-state index is 12.7. The number of thioether (sulfide) groups is 1. The van der Waals surface area contributed by atoms with Gasteiger partial charge in [0.2, 0.25) is 11.8 Å². The molecule has 0 bridgehead atoms. The van der Waals surface area contributed by atoms with Crippen molar-refractivity contribution in [1.29, 1.82) is 0 Å². The molecular formula is C15H24N2O2S. The third-order valence-electron chi connectivity index (χ3n) is 3.74. The predicted octanol–water partition coefficient (Wildman–Crippen LogP) is 1.50. The van der Waals surface area contributed by atoms with E-state index >= 15 is 0 Å². The Bertz CT molecular complexity index is 417. The number of amides is 2. The van der Waals surface area contributed by atoms with E-state index in [2.05, 4.69) is 11.2 Å². The number of nitrogens with one attached hydrogen (secondary N) is 1. The van der Waals surface area contributed by atoms with E-state index in [1.165, 1.54) is 0 Å². The van der Waals surface area contributed by atoms with E-state index in [1.54, 1.807) is 23.6 Å². The number of rotatable bonds is 6. The first kappa shape index (κ1) is 16.9. The molecule has 2 amide bonds. The smallest absolute Gasteiger partial charge is 0.248 e. The lowest BCUT2D eigenvalue weighted by Gasteiger charge is -2.45. The predicted molar refractivity (Wildman–Crippen MR) is 83.3 cm³/mol. The normalized spacial score (nSPS) is 26.6. The van der Waals surface area contributed by atoms with E-state index < -0.39 is 5.54 Å². The van der Waals surface area contributed by atoms with Crippen LogP contribution < -0.4 is 5.32 Å².